The number of primary amides is 1. The number of nitrogens with zero attached hydrogens (tertiary/aromatic N) is 1. The highest BCUT2D eigenvalue weighted by molar-refractivity contribution is 6.06. The second-order valence-corrected chi connectivity index (χ2v) is 5.06. The van der Waals surface area contributed by atoms with Crippen LogP contribution in [0.1, 0.15) is 16.8 Å². The third-order valence-corrected chi connectivity index (χ3v) is 3.27. The Hall–Kier alpha value is -3.03. The average Bonchev–Trinajstić information content (AvgIpc) is 2.55. The van der Waals surface area contributed by atoms with Gasteiger partial charge in [-0.05, 0) is 42.5 Å². The van der Waals surface area contributed by atoms with Crippen LogP contribution in [0.2, 0.25) is 0 Å². The fourth-order valence-corrected chi connectivity index (χ4v) is 2.15. The molecule has 2 N–H and O–H groups in total. The Labute approximate surface area is 141 Å². The van der Waals surface area contributed by atoms with Crippen molar-refractivity contribution >= 4 is 17.5 Å². The molecule has 0 fully saturated rings. The number of benzene rings is 2. The third-order valence-electron chi connectivity index (χ3n) is 3.27. The summed E-state index contributed by atoms with van der Waals surface area (Å²) >= 11 is 0. The highest BCUT2D eigenvalue weighted by Crippen LogP contribution is 2.21. The molecule has 0 aliphatic heterocycles. The summed E-state index contributed by atoms with van der Waals surface area (Å²) in [5.74, 6) is -1.84. The minimum atomic E-state index is -3.02. The van der Waals surface area contributed by atoms with Crippen molar-refractivity contribution in [3.63, 3.8) is 0 Å². The fourth-order valence-electron chi connectivity index (χ4n) is 2.15. The van der Waals surface area contributed by atoms with Crippen LogP contribution in [0.15, 0.2) is 48.5 Å². The fraction of sp³-hybridized carbons (Fsp3) is 0.176. The van der Waals surface area contributed by atoms with Crippen LogP contribution in [0.5, 0.6) is 5.75 Å². The molecule has 0 aliphatic rings. The molecule has 0 aromatic heterocycles. The molecular weight excluding hydrogens is 337 g/mol. The Bertz CT molecular complexity index is 751. The maximum atomic E-state index is 13.1. The number of carbonyl (C=O) groups excluding carboxylic acids is 2. The summed E-state index contributed by atoms with van der Waals surface area (Å²) in [6.07, 6.45) is -0.115. The first-order valence-corrected chi connectivity index (χ1v) is 7.27. The molecule has 0 bridgehead atoms. The van der Waals surface area contributed by atoms with Gasteiger partial charge in [0.15, 0.2) is 0 Å². The van der Waals surface area contributed by atoms with Crippen molar-refractivity contribution in [3.8, 4) is 5.75 Å². The minimum absolute atomic E-state index is 0.0419. The zero-order chi connectivity index (χ0) is 18.4. The summed E-state index contributed by atoms with van der Waals surface area (Å²) in [6, 6.07) is 10.3. The number of amides is 2. The lowest BCUT2D eigenvalue weighted by atomic mass is 10.1. The van der Waals surface area contributed by atoms with E-state index in [9.17, 15) is 22.8 Å². The number of anilines is 1. The average molecular weight is 352 g/mol. The standard InChI is InChI=1S/C17H15F3N2O3/c18-12-4-6-13(7-5-12)22(9-8-15(21)23)16(24)11-2-1-3-14(10-11)25-17(19)20/h1-7,10,17H,8-9H2,(H2,21,23). The van der Waals surface area contributed by atoms with E-state index in [-0.39, 0.29) is 24.3 Å². The zero-order valence-corrected chi connectivity index (χ0v) is 13.0. The van der Waals surface area contributed by atoms with Crippen molar-refractivity contribution in [1.29, 1.82) is 0 Å². The number of hydrogen-bond donors (Lipinski definition) is 1. The van der Waals surface area contributed by atoms with E-state index >= 15 is 0 Å². The summed E-state index contributed by atoms with van der Waals surface area (Å²) in [6.45, 7) is -3.06. The van der Waals surface area contributed by atoms with Gasteiger partial charge in [-0.15, -0.1) is 0 Å². The lowest BCUT2D eigenvalue weighted by molar-refractivity contribution is -0.117. The monoisotopic (exact) mass is 352 g/mol. The van der Waals surface area contributed by atoms with E-state index in [2.05, 4.69) is 4.74 Å². The van der Waals surface area contributed by atoms with Crippen LogP contribution in [0, 0.1) is 5.82 Å². The van der Waals surface area contributed by atoms with E-state index in [1.165, 1.54) is 35.2 Å². The van der Waals surface area contributed by atoms with E-state index < -0.39 is 24.2 Å². The number of ether oxygens (including phenoxy) is 1. The van der Waals surface area contributed by atoms with Gasteiger partial charge in [-0.1, -0.05) is 6.07 Å². The van der Waals surface area contributed by atoms with E-state index in [1.807, 2.05) is 0 Å². The molecule has 0 saturated carbocycles. The molecule has 0 radical (unpaired) electrons. The quantitative estimate of drug-likeness (QED) is 0.833. The molecule has 5 nitrogen and oxygen atoms in total. The van der Waals surface area contributed by atoms with Crippen molar-refractivity contribution in [1.82, 2.24) is 0 Å². The lowest BCUT2D eigenvalue weighted by Crippen LogP contribution is -2.34. The molecule has 2 rings (SSSR count). The summed E-state index contributed by atoms with van der Waals surface area (Å²) in [5, 5.41) is 0. The van der Waals surface area contributed by atoms with Crippen LogP contribution < -0.4 is 15.4 Å². The first-order valence-electron chi connectivity index (χ1n) is 7.27. The van der Waals surface area contributed by atoms with Gasteiger partial charge in [-0.3, -0.25) is 9.59 Å². The normalized spacial score (nSPS) is 10.6. The van der Waals surface area contributed by atoms with Crippen LogP contribution in [0.4, 0.5) is 18.9 Å². The maximum absolute atomic E-state index is 13.1. The predicted octanol–water partition coefficient (Wildman–Crippen LogP) is 2.95. The van der Waals surface area contributed by atoms with Crippen LogP contribution in [-0.4, -0.2) is 25.0 Å². The highest BCUT2D eigenvalue weighted by Gasteiger charge is 2.19. The maximum Gasteiger partial charge on any atom is 0.387 e. The molecule has 2 aromatic carbocycles. The molecule has 0 unspecified atom stereocenters. The highest BCUT2D eigenvalue weighted by atomic mass is 19.3. The molecule has 0 saturated heterocycles. The van der Waals surface area contributed by atoms with Crippen LogP contribution in [-0.2, 0) is 4.79 Å². The molecule has 0 atom stereocenters. The molecule has 132 valence electrons. The summed E-state index contributed by atoms with van der Waals surface area (Å²) in [4.78, 5) is 25.0. The van der Waals surface area contributed by atoms with Gasteiger partial charge >= 0.3 is 6.61 Å². The van der Waals surface area contributed by atoms with Crippen molar-refractivity contribution in [3.05, 3.63) is 59.9 Å². The molecule has 0 heterocycles. The Kier molecular flexibility index (Phi) is 5.99. The second kappa shape index (κ2) is 8.18. The molecule has 0 aliphatic carbocycles. The summed E-state index contributed by atoms with van der Waals surface area (Å²) in [5.41, 5.74) is 5.54. The van der Waals surface area contributed by atoms with Gasteiger partial charge in [0.2, 0.25) is 5.91 Å². The Morgan fingerprint density at radius 2 is 1.80 bits per heavy atom. The zero-order valence-electron chi connectivity index (χ0n) is 13.0. The number of halogens is 3. The second-order valence-electron chi connectivity index (χ2n) is 5.06. The Morgan fingerprint density at radius 1 is 1.12 bits per heavy atom. The molecule has 2 amide bonds. The first-order chi connectivity index (χ1) is 11.9. The van der Waals surface area contributed by atoms with Gasteiger partial charge < -0.3 is 15.4 Å². The number of carbonyl (C=O) groups is 2. The topological polar surface area (TPSA) is 72.6 Å². The predicted molar refractivity (Wildman–Crippen MR) is 85.0 cm³/mol. The molecule has 8 heteroatoms. The van der Waals surface area contributed by atoms with Crippen molar-refractivity contribution in [2.24, 2.45) is 5.73 Å². The van der Waals surface area contributed by atoms with Gasteiger partial charge in [-0.25, -0.2) is 4.39 Å². The molecule has 0 spiro atoms. The van der Waals surface area contributed by atoms with Crippen LogP contribution in [0.25, 0.3) is 0 Å². The third kappa shape index (κ3) is 5.23. The number of nitrogens with two attached hydrogens (primary N) is 1. The first kappa shape index (κ1) is 18.3. The van der Waals surface area contributed by atoms with Crippen molar-refractivity contribution in [2.45, 2.75) is 13.0 Å². The van der Waals surface area contributed by atoms with E-state index in [1.54, 1.807) is 0 Å². The van der Waals surface area contributed by atoms with Crippen LogP contribution in [0.3, 0.4) is 0 Å². The van der Waals surface area contributed by atoms with E-state index in [4.69, 9.17) is 5.73 Å². The summed E-state index contributed by atoms with van der Waals surface area (Å²) in [7, 11) is 0. The van der Waals surface area contributed by atoms with Crippen LogP contribution >= 0.6 is 0 Å². The van der Waals surface area contributed by atoms with Gasteiger partial charge in [0, 0.05) is 24.2 Å². The minimum Gasteiger partial charge on any atom is -0.435 e. The largest absolute Gasteiger partial charge is 0.435 e. The van der Waals surface area contributed by atoms with Gasteiger partial charge in [0.25, 0.3) is 5.91 Å². The van der Waals surface area contributed by atoms with E-state index in [0.29, 0.717) is 5.69 Å². The summed E-state index contributed by atoms with van der Waals surface area (Å²) < 4.78 is 42.0. The number of hydrogen-bond acceptors (Lipinski definition) is 3. The molecule has 25 heavy (non-hydrogen) atoms. The molecule has 2 aromatic rings. The van der Waals surface area contributed by atoms with Gasteiger partial charge in [0.05, 0.1) is 0 Å². The Balaban J connectivity index is 2.31. The number of rotatable bonds is 7. The van der Waals surface area contributed by atoms with Gasteiger partial charge in [0.1, 0.15) is 11.6 Å². The smallest absolute Gasteiger partial charge is 0.387 e. The number of alkyl halides is 2. The van der Waals surface area contributed by atoms with Crippen molar-refractivity contribution in [2.75, 3.05) is 11.4 Å². The van der Waals surface area contributed by atoms with E-state index in [0.717, 1.165) is 18.2 Å². The SMILES string of the molecule is NC(=O)CCN(C(=O)c1cccc(OC(F)F)c1)c1ccc(F)cc1. The van der Waals surface area contributed by atoms with Gasteiger partial charge in [-0.2, -0.15) is 8.78 Å². The Morgan fingerprint density at radius 3 is 2.40 bits per heavy atom. The molecular formula is C17H15F3N2O3. The van der Waals surface area contributed by atoms with Crippen molar-refractivity contribution < 1.29 is 27.5 Å². The lowest BCUT2D eigenvalue weighted by Gasteiger charge is -2.22.